The van der Waals surface area contributed by atoms with E-state index in [1.54, 1.807) is 0 Å². The molecule has 1 atom stereocenters. The number of H-pyrrole nitrogens is 1. The maximum atomic E-state index is 14.5. The second kappa shape index (κ2) is 7.40. The van der Waals surface area contributed by atoms with Gasteiger partial charge in [-0.05, 0) is 36.8 Å². The summed E-state index contributed by atoms with van der Waals surface area (Å²) < 4.78 is 29.0. The fraction of sp³-hybridized carbons (Fsp3) is 0.143. The lowest BCUT2D eigenvalue weighted by atomic mass is 9.83. The molecule has 0 radical (unpaired) electrons. The van der Waals surface area contributed by atoms with Gasteiger partial charge in [-0.1, -0.05) is 0 Å². The molecule has 9 heteroatoms. The number of allylic oxidation sites excluding steroid dienone is 1. The van der Waals surface area contributed by atoms with E-state index >= 15 is 0 Å². The number of anilines is 1. The topological polar surface area (TPSA) is 111 Å². The minimum absolute atomic E-state index is 0.0548. The van der Waals surface area contributed by atoms with Crippen LogP contribution < -0.4 is 10.6 Å². The Labute approximate surface area is 169 Å². The van der Waals surface area contributed by atoms with Gasteiger partial charge in [0.05, 0.1) is 29.0 Å². The van der Waals surface area contributed by atoms with Gasteiger partial charge in [-0.3, -0.25) is 14.7 Å². The van der Waals surface area contributed by atoms with Crippen LogP contribution in [0.1, 0.15) is 30.4 Å². The molecule has 0 fully saturated rings. The summed E-state index contributed by atoms with van der Waals surface area (Å²) in [7, 11) is 0. The minimum Gasteiger partial charge on any atom is -0.330 e. The first-order valence-electron chi connectivity index (χ1n) is 9.01. The number of nitriles is 1. The second-order valence-electron chi connectivity index (χ2n) is 6.94. The number of nitrogens with one attached hydrogen (secondary N) is 3. The molecule has 2 aromatic carbocycles. The summed E-state index contributed by atoms with van der Waals surface area (Å²) in [5.41, 5.74) is 0.983. The molecule has 1 aliphatic heterocycles. The van der Waals surface area contributed by atoms with Crippen LogP contribution >= 0.6 is 0 Å². The van der Waals surface area contributed by atoms with Crippen LogP contribution in [0.5, 0.6) is 0 Å². The van der Waals surface area contributed by atoms with Crippen LogP contribution in [0.2, 0.25) is 0 Å². The SMILES string of the molecule is CC1=C(C(=O)Nc2cc3cn[nH]c3cc2F)C(c2cc(C#N)ccc2F)CC(=O)N1. The zero-order valence-electron chi connectivity index (χ0n) is 15.7. The number of amides is 2. The van der Waals surface area contributed by atoms with Gasteiger partial charge in [-0.2, -0.15) is 10.4 Å². The summed E-state index contributed by atoms with van der Waals surface area (Å²) in [6, 6.07) is 8.30. The van der Waals surface area contributed by atoms with Gasteiger partial charge in [0, 0.05) is 35.1 Å². The van der Waals surface area contributed by atoms with E-state index in [1.165, 1.54) is 37.4 Å². The standard InChI is InChI=1S/C21H15F2N5O2/c1-10-20(21(30)27-18-5-12-9-25-28-17(12)7-16(18)23)14(6-19(29)26-10)13-4-11(8-24)2-3-15(13)22/h2-5,7,9,14H,6H2,1H3,(H,25,28)(H,26,29)(H,27,30). The van der Waals surface area contributed by atoms with Gasteiger partial charge in [-0.15, -0.1) is 0 Å². The third-order valence-electron chi connectivity index (χ3n) is 4.99. The molecule has 1 aromatic heterocycles. The molecule has 7 nitrogen and oxygen atoms in total. The highest BCUT2D eigenvalue weighted by molar-refractivity contribution is 6.07. The number of hydrogen-bond acceptors (Lipinski definition) is 4. The number of carbonyl (C=O) groups is 2. The second-order valence-corrected chi connectivity index (χ2v) is 6.94. The van der Waals surface area contributed by atoms with Gasteiger partial charge in [0.25, 0.3) is 5.91 Å². The molecule has 0 aliphatic carbocycles. The largest absolute Gasteiger partial charge is 0.330 e. The maximum Gasteiger partial charge on any atom is 0.254 e. The minimum atomic E-state index is -0.923. The number of halogens is 2. The summed E-state index contributed by atoms with van der Waals surface area (Å²) in [6.45, 7) is 1.51. The monoisotopic (exact) mass is 407 g/mol. The van der Waals surface area contributed by atoms with Crippen molar-refractivity contribution in [3.63, 3.8) is 0 Å². The summed E-state index contributed by atoms with van der Waals surface area (Å²) in [6.07, 6.45) is 1.30. The van der Waals surface area contributed by atoms with E-state index in [2.05, 4.69) is 20.8 Å². The number of rotatable bonds is 3. The fourth-order valence-electron chi connectivity index (χ4n) is 3.60. The third kappa shape index (κ3) is 3.39. The van der Waals surface area contributed by atoms with Crippen LogP contribution in [0, 0.1) is 23.0 Å². The first-order chi connectivity index (χ1) is 14.4. The third-order valence-corrected chi connectivity index (χ3v) is 4.99. The van der Waals surface area contributed by atoms with Crippen molar-refractivity contribution >= 4 is 28.4 Å². The van der Waals surface area contributed by atoms with Crippen molar-refractivity contribution in [2.75, 3.05) is 5.32 Å². The summed E-state index contributed by atoms with van der Waals surface area (Å²) in [5.74, 6) is -3.30. The Balaban J connectivity index is 1.74. The molecule has 0 saturated carbocycles. The Kier molecular flexibility index (Phi) is 4.75. The van der Waals surface area contributed by atoms with Crippen LogP contribution in [-0.4, -0.2) is 22.0 Å². The van der Waals surface area contributed by atoms with Gasteiger partial charge in [0.15, 0.2) is 0 Å². The highest BCUT2D eigenvalue weighted by atomic mass is 19.1. The predicted octanol–water partition coefficient (Wildman–Crippen LogP) is 3.23. The lowest BCUT2D eigenvalue weighted by molar-refractivity contribution is -0.121. The molecule has 1 aliphatic rings. The number of fused-ring (bicyclic) bond motifs is 1. The summed E-state index contributed by atoms with van der Waals surface area (Å²) >= 11 is 0. The number of benzene rings is 2. The molecule has 0 bridgehead atoms. The first-order valence-corrected chi connectivity index (χ1v) is 9.01. The van der Waals surface area contributed by atoms with Crippen molar-refractivity contribution in [2.45, 2.75) is 19.3 Å². The zero-order valence-corrected chi connectivity index (χ0v) is 15.7. The number of hydrogen-bond donors (Lipinski definition) is 3. The van der Waals surface area contributed by atoms with Gasteiger partial charge in [0.1, 0.15) is 11.6 Å². The first kappa shape index (κ1) is 19.3. The van der Waals surface area contributed by atoms with E-state index in [9.17, 15) is 18.4 Å². The van der Waals surface area contributed by atoms with E-state index in [0.29, 0.717) is 10.9 Å². The van der Waals surface area contributed by atoms with Crippen molar-refractivity contribution in [2.24, 2.45) is 0 Å². The normalized spacial score (nSPS) is 16.3. The van der Waals surface area contributed by atoms with Crippen LogP contribution in [-0.2, 0) is 9.59 Å². The predicted molar refractivity (Wildman–Crippen MR) is 104 cm³/mol. The van der Waals surface area contributed by atoms with E-state index in [0.717, 1.165) is 6.07 Å². The van der Waals surface area contributed by atoms with Gasteiger partial charge < -0.3 is 10.6 Å². The lowest BCUT2D eigenvalue weighted by Crippen LogP contribution is -2.35. The van der Waals surface area contributed by atoms with Crippen LogP contribution in [0.3, 0.4) is 0 Å². The number of aromatic amines is 1. The average Bonchev–Trinajstić information content (AvgIpc) is 3.15. The molecular weight excluding hydrogens is 392 g/mol. The highest BCUT2D eigenvalue weighted by Gasteiger charge is 2.34. The van der Waals surface area contributed by atoms with Crippen molar-refractivity contribution < 1.29 is 18.4 Å². The summed E-state index contributed by atoms with van der Waals surface area (Å²) in [4.78, 5) is 25.1. The molecule has 2 heterocycles. The molecule has 30 heavy (non-hydrogen) atoms. The van der Waals surface area contributed by atoms with Crippen LogP contribution in [0.25, 0.3) is 10.9 Å². The van der Waals surface area contributed by atoms with E-state index in [-0.39, 0.29) is 40.4 Å². The van der Waals surface area contributed by atoms with Gasteiger partial charge in [-0.25, -0.2) is 8.78 Å². The fourth-order valence-corrected chi connectivity index (χ4v) is 3.60. The Morgan fingerprint density at radius 2 is 2.07 bits per heavy atom. The van der Waals surface area contributed by atoms with E-state index in [4.69, 9.17) is 5.26 Å². The zero-order chi connectivity index (χ0) is 21.4. The Hall–Kier alpha value is -4.06. The molecule has 0 saturated heterocycles. The molecule has 0 spiro atoms. The van der Waals surface area contributed by atoms with E-state index < -0.39 is 23.5 Å². The Bertz CT molecular complexity index is 1270. The van der Waals surface area contributed by atoms with Gasteiger partial charge in [0.2, 0.25) is 5.91 Å². The molecule has 150 valence electrons. The highest BCUT2D eigenvalue weighted by Crippen LogP contribution is 2.35. The van der Waals surface area contributed by atoms with Gasteiger partial charge >= 0.3 is 0 Å². The summed E-state index contributed by atoms with van der Waals surface area (Å²) in [5, 5.41) is 21.3. The molecule has 3 N–H and O–H groups in total. The number of aromatic nitrogens is 2. The van der Waals surface area contributed by atoms with Crippen molar-refractivity contribution in [3.05, 3.63) is 70.6 Å². The lowest BCUT2D eigenvalue weighted by Gasteiger charge is -2.27. The molecular formula is C21H15F2N5O2. The van der Waals surface area contributed by atoms with Crippen LogP contribution in [0.15, 0.2) is 47.8 Å². The van der Waals surface area contributed by atoms with Crippen LogP contribution in [0.4, 0.5) is 14.5 Å². The smallest absolute Gasteiger partial charge is 0.254 e. The van der Waals surface area contributed by atoms with Crippen molar-refractivity contribution in [1.29, 1.82) is 5.26 Å². The Morgan fingerprint density at radius 3 is 2.83 bits per heavy atom. The number of nitrogens with zero attached hydrogens (tertiary/aromatic N) is 2. The molecule has 1 unspecified atom stereocenters. The Morgan fingerprint density at radius 1 is 1.27 bits per heavy atom. The van der Waals surface area contributed by atoms with E-state index in [1.807, 2.05) is 6.07 Å². The van der Waals surface area contributed by atoms with Crippen molar-refractivity contribution in [3.8, 4) is 6.07 Å². The molecule has 2 amide bonds. The quantitative estimate of drug-likeness (QED) is 0.619. The van der Waals surface area contributed by atoms with Crippen molar-refractivity contribution in [1.82, 2.24) is 15.5 Å². The molecule has 3 aromatic rings. The average molecular weight is 407 g/mol. The molecule has 4 rings (SSSR count). The number of carbonyl (C=O) groups excluding carboxylic acids is 2. The maximum absolute atomic E-state index is 14.5.